The lowest BCUT2D eigenvalue weighted by Gasteiger charge is -2.21. The number of ketones is 2. The van der Waals surface area contributed by atoms with Gasteiger partial charge in [0.25, 0.3) is 0 Å². The van der Waals surface area contributed by atoms with Gasteiger partial charge in [0, 0.05) is 31.6 Å². The van der Waals surface area contributed by atoms with E-state index >= 15 is 0 Å². The molecule has 1 aliphatic rings. The number of hydrogen-bond donors (Lipinski definition) is 2. The first kappa shape index (κ1) is 25.4. The van der Waals surface area contributed by atoms with Crippen molar-refractivity contribution in [2.24, 2.45) is 11.8 Å². The number of hydrogen-bond acceptors (Lipinski definition) is 4. The summed E-state index contributed by atoms with van der Waals surface area (Å²) < 4.78 is 27.7. The largest absolute Gasteiger partial charge is 0.481 e. The third kappa shape index (κ3) is 9.15. The smallest absolute Gasteiger partial charge is 0.305 e. The van der Waals surface area contributed by atoms with Crippen LogP contribution in [0.2, 0.25) is 0 Å². The summed E-state index contributed by atoms with van der Waals surface area (Å²) in [5, 5.41) is 18.7. The highest BCUT2D eigenvalue weighted by Crippen LogP contribution is 2.36. The van der Waals surface area contributed by atoms with Gasteiger partial charge < -0.3 is 10.2 Å². The second-order valence-corrected chi connectivity index (χ2v) is 7.98. The number of unbranched alkanes of at least 4 members (excludes halogenated alkanes) is 4. The molecule has 5 nitrogen and oxygen atoms in total. The number of aliphatic hydroxyl groups is 1. The molecule has 0 aliphatic heterocycles. The zero-order chi connectivity index (χ0) is 21.9. The Hall–Kier alpha value is -1.63. The molecule has 3 atom stereocenters. The van der Waals surface area contributed by atoms with E-state index in [1.807, 2.05) is 12.2 Å². The quantitative estimate of drug-likeness (QED) is 0.298. The summed E-state index contributed by atoms with van der Waals surface area (Å²) in [5.74, 6) is -6.23. The maximum absolute atomic E-state index is 13.8. The number of rotatable bonds is 15. The molecule has 2 N–H and O–H groups in total. The van der Waals surface area contributed by atoms with E-state index in [4.69, 9.17) is 5.11 Å². The topological polar surface area (TPSA) is 91.7 Å². The number of Topliss-reactive ketones (excluding diaryl/α,β-unsaturated/α-hetero) is 2. The molecule has 0 aromatic heterocycles. The molecule has 0 bridgehead atoms. The third-order valence-corrected chi connectivity index (χ3v) is 5.61. The van der Waals surface area contributed by atoms with Gasteiger partial charge in [0.2, 0.25) is 5.78 Å². The summed E-state index contributed by atoms with van der Waals surface area (Å²) in [7, 11) is 0. The molecule has 0 heterocycles. The average molecular weight is 417 g/mol. The van der Waals surface area contributed by atoms with Crippen molar-refractivity contribution in [3.63, 3.8) is 0 Å². The first-order chi connectivity index (χ1) is 13.7. The van der Waals surface area contributed by atoms with E-state index < -0.39 is 42.0 Å². The minimum atomic E-state index is -3.33. The molecule has 0 aromatic carbocycles. The lowest BCUT2D eigenvalue weighted by molar-refractivity contribution is -0.144. The molecule has 0 spiro atoms. The van der Waals surface area contributed by atoms with Crippen LogP contribution in [0.4, 0.5) is 8.78 Å². The summed E-state index contributed by atoms with van der Waals surface area (Å²) >= 11 is 0. The van der Waals surface area contributed by atoms with Crippen LogP contribution in [-0.2, 0) is 14.4 Å². The minimum absolute atomic E-state index is 0.0127. The molecule has 166 valence electrons. The Kier molecular flexibility index (Phi) is 11.2. The number of carboxylic acids is 1. The fourth-order valence-electron chi connectivity index (χ4n) is 3.81. The maximum Gasteiger partial charge on any atom is 0.305 e. The van der Waals surface area contributed by atoms with Crippen LogP contribution in [0.15, 0.2) is 12.2 Å². The van der Waals surface area contributed by atoms with Crippen LogP contribution < -0.4 is 0 Å². The molecule has 1 fully saturated rings. The van der Waals surface area contributed by atoms with Crippen molar-refractivity contribution >= 4 is 17.5 Å². The van der Waals surface area contributed by atoms with Crippen LogP contribution in [0.5, 0.6) is 0 Å². The van der Waals surface area contributed by atoms with Crippen LogP contribution in [0, 0.1) is 11.8 Å². The van der Waals surface area contributed by atoms with Gasteiger partial charge >= 0.3 is 11.9 Å². The van der Waals surface area contributed by atoms with E-state index in [1.54, 1.807) is 6.92 Å². The number of allylic oxidation sites excluding steroid dienone is 2. The fourth-order valence-corrected chi connectivity index (χ4v) is 3.81. The van der Waals surface area contributed by atoms with Gasteiger partial charge in [-0.05, 0) is 44.4 Å². The van der Waals surface area contributed by atoms with Gasteiger partial charge in [-0.3, -0.25) is 14.4 Å². The third-order valence-electron chi connectivity index (χ3n) is 5.61. The van der Waals surface area contributed by atoms with Crippen molar-refractivity contribution in [1.82, 2.24) is 0 Å². The molecular weight excluding hydrogens is 382 g/mol. The predicted octanol–water partition coefficient (Wildman–Crippen LogP) is 4.71. The molecule has 0 aromatic rings. The number of aliphatic carboxylic acids is 1. The first-order valence-corrected chi connectivity index (χ1v) is 10.7. The Balaban J connectivity index is 2.44. The van der Waals surface area contributed by atoms with E-state index in [0.29, 0.717) is 19.3 Å². The van der Waals surface area contributed by atoms with Crippen LogP contribution >= 0.6 is 0 Å². The highest BCUT2D eigenvalue weighted by molar-refractivity contribution is 5.86. The first-order valence-electron chi connectivity index (χ1n) is 10.7. The van der Waals surface area contributed by atoms with Gasteiger partial charge in [-0.1, -0.05) is 31.9 Å². The molecule has 7 heteroatoms. The summed E-state index contributed by atoms with van der Waals surface area (Å²) in [4.78, 5) is 34.5. The second kappa shape index (κ2) is 12.8. The Morgan fingerprint density at radius 3 is 2.52 bits per heavy atom. The molecule has 0 radical (unpaired) electrons. The Morgan fingerprint density at radius 2 is 1.86 bits per heavy atom. The SMILES string of the molecule is CCCCC(F)(F)C(=O)CC[C@@H]1C(C/C=C\CCCCCC(=O)O)C(=O)C[C@H]1O. The summed E-state index contributed by atoms with van der Waals surface area (Å²) in [6.07, 6.45) is 6.79. The highest BCUT2D eigenvalue weighted by Gasteiger charge is 2.43. The van der Waals surface area contributed by atoms with Gasteiger partial charge in [-0.25, -0.2) is 0 Å². The van der Waals surface area contributed by atoms with Crippen LogP contribution in [-0.4, -0.2) is 39.8 Å². The number of carbonyl (C=O) groups is 3. The van der Waals surface area contributed by atoms with Crippen molar-refractivity contribution in [2.75, 3.05) is 0 Å². The van der Waals surface area contributed by atoms with E-state index in [9.17, 15) is 28.3 Å². The summed E-state index contributed by atoms with van der Waals surface area (Å²) in [6.45, 7) is 1.79. The summed E-state index contributed by atoms with van der Waals surface area (Å²) in [6, 6.07) is 0. The lowest BCUT2D eigenvalue weighted by atomic mass is 9.86. The van der Waals surface area contributed by atoms with E-state index in [2.05, 4.69) is 0 Å². The number of carbonyl (C=O) groups excluding carboxylic acids is 2. The van der Waals surface area contributed by atoms with Gasteiger partial charge in [0.05, 0.1) is 6.10 Å². The Bertz CT molecular complexity index is 574. The predicted molar refractivity (Wildman–Crippen MR) is 106 cm³/mol. The molecule has 0 amide bonds. The number of halogens is 2. The molecule has 1 rings (SSSR count). The van der Waals surface area contributed by atoms with E-state index in [-0.39, 0.29) is 37.9 Å². The zero-order valence-corrected chi connectivity index (χ0v) is 17.2. The minimum Gasteiger partial charge on any atom is -0.481 e. The molecule has 1 aliphatic carbocycles. The van der Waals surface area contributed by atoms with Gasteiger partial charge in [0.1, 0.15) is 5.78 Å². The van der Waals surface area contributed by atoms with Crippen molar-refractivity contribution in [2.45, 2.75) is 96.0 Å². The van der Waals surface area contributed by atoms with Gasteiger partial charge in [-0.2, -0.15) is 8.78 Å². The number of aliphatic hydroxyl groups excluding tert-OH is 1. The molecule has 0 saturated heterocycles. The van der Waals surface area contributed by atoms with Crippen molar-refractivity contribution in [3.05, 3.63) is 12.2 Å². The second-order valence-electron chi connectivity index (χ2n) is 7.98. The van der Waals surface area contributed by atoms with Crippen molar-refractivity contribution < 1.29 is 33.4 Å². The lowest BCUT2D eigenvalue weighted by Crippen LogP contribution is -2.30. The van der Waals surface area contributed by atoms with Crippen LogP contribution in [0.1, 0.15) is 84.0 Å². The van der Waals surface area contributed by atoms with Crippen molar-refractivity contribution in [1.29, 1.82) is 0 Å². The molecular formula is C22H34F2O5. The number of carboxylic acid groups (broad SMARTS) is 1. The highest BCUT2D eigenvalue weighted by atomic mass is 19.3. The standard InChI is InChI=1S/C22H34F2O5/c1-2-3-14-22(23,24)20(27)13-12-17-16(18(25)15-19(17)26)10-8-6-4-5-7-9-11-21(28)29/h6,8,16-17,19,26H,2-5,7,9-15H2,1H3,(H,28,29)/b8-6-/t16?,17-,19-/m1/s1. The van der Waals surface area contributed by atoms with Crippen LogP contribution in [0.25, 0.3) is 0 Å². The Morgan fingerprint density at radius 1 is 1.14 bits per heavy atom. The average Bonchev–Trinajstić information content (AvgIpc) is 2.92. The summed E-state index contributed by atoms with van der Waals surface area (Å²) in [5.41, 5.74) is 0. The van der Waals surface area contributed by atoms with Crippen molar-refractivity contribution in [3.8, 4) is 0 Å². The molecule has 1 unspecified atom stereocenters. The van der Waals surface area contributed by atoms with E-state index in [0.717, 1.165) is 19.3 Å². The number of alkyl halides is 2. The zero-order valence-electron chi connectivity index (χ0n) is 17.2. The van der Waals surface area contributed by atoms with Crippen LogP contribution in [0.3, 0.4) is 0 Å². The van der Waals surface area contributed by atoms with Gasteiger partial charge in [0.15, 0.2) is 0 Å². The molecule has 29 heavy (non-hydrogen) atoms. The normalized spacial score (nSPS) is 22.5. The monoisotopic (exact) mass is 416 g/mol. The Labute approximate surface area is 171 Å². The van der Waals surface area contributed by atoms with E-state index in [1.165, 1.54) is 0 Å². The maximum atomic E-state index is 13.8. The molecule has 1 saturated carbocycles. The fraction of sp³-hybridized carbons (Fsp3) is 0.773. The van der Waals surface area contributed by atoms with Gasteiger partial charge in [-0.15, -0.1) is 0 Å².